The largest absolute Gasteiger partial charge is 0.369 e. The van der Waals surface area contributed by atoms with Gasteiger partial charge in [0.15, 0.2) is 0 Å². The van der Waals surface area contributed by atoms with Gasteiger partial charge in [-0.25, -0.2) is 4.39 Å². The number of nitrogens with two attached hydrogens (primary N) is 1. The molecule has 1 aromatic carbocycles. The fraction of sp³-hybridized carbons (Fsp3) is 0.100. The summed E-state index contributed by atoms with van der Waals surface area (Å²) in [6.07, 6.45) is 3.18. The number of carbonyl (C=O) groups excluding carboxylic acids is 1. The number of benzene rings is 1. The molecule has 0 aliphatic heterocycles. The molecule has 0 spiro atoms. The standard InChI is InChI=1S/C10H9BrFNO/c11-8-4-5-9(12)7(6-8)2-1-3-10(13)14/h1-2,4-6H,3H2,(H2,13,14). The minimum atomic E-state index is -0.434. The molecule has 74 valence electrons. The van der Waals surface area contributed by atoms with Gasteiger partial charge in [0, 0.05) is 16.5 Å². The molecule has 0 radical (unpaired) electrons. The van der Waals surface area contributed by atoms with E-state index in [1.54, 1.807) is 12.1 Å². The number of carbonyl (C=O) groups is 1. The van der Waals surface area contributed by atoms with E-state index < -0.39 is 5.91 Å². The van der Waals surface area contributed by atoms with Gasteiger partial charge in [0.1, 0.15) is 5.82 Å². The van der Waals surface area contributed by atoms with E-state index in [4.69, 9.17) is 5.73 Å². The Bertz CT molecular complexity index is 376. The molecule has 0 heterocycles. The van der Waals surface area contributed by atoms with Crippen molar-refractivity contribution in [1.82, 2.24) is 0 Å². The lowest BCUT2D eigenvalue weighted by Gasteiger charge is -1.97. The van der Waals surface area contributed by atoms with Crippen LogP contribution >= 0.6 is 15.9 Å². The number of primary amides is 1. The van der Waals surface area contributed by atoms with Crippen molar-refractivity contribution >= 4 is 27.9 Å². The van der Waals surface area contributed by atoms with Gasteiger partial charge in [-0.3, -0.25) is 4.79 Å². The van der Waals surface area contributed by atoms with E-state index >= 15 is 0 Å². The van der Waals surface area contributed by atoms with Crippen LogP contribution in [0.5, 0.6) is 0 Å². The lowest BCUT2D eigenvalue weighted by Crippen LogP contribution is -2.07. The lowest BCUT2D eigenvalue weighted by atomic mass is 10.2. The fourth-order valence-electron chi connectivity index (χ4n) is 0.944. The highest BCUT2D eigenvalue weighted by molar-refractivity contribution is 9.10. The summed E-state index contributed by atoms with van der Waals surface area (Å²) in [5.41, 5.74) is 5.36. The van der Waals surface area contributed by atoms with Crippen molar-refractivity contribution in [3.05, 3.63) is 40.1 Å². The summed E-state index contributed by atoms with van der Waals surface area (Å²) in [4.78, 5) is 10.4. The summed E-state index contributed by atoms with van der Waals surface area (Å²) in [7, 11) is 0. The van der Waals surface area contributed by atoms with Crippen LogP contribution in [0.3, 0.4) is 0 Å². The number of rotatable bonds is 3. The maximum absolute atomic E-state index is 13.1. The Labute approximate surface area is 89.7 Å². The van der Waals surface area contributed by atoms with Gasteiger partial charge in [-0.15, -0.1) is 0 Å². The zero-order valence-electron chi connectivity index (χ0n) is 7.34. The van der Waals surface area contributed by atoms with E-state index in [1.165, 1.54) is 18.2 Å². The van der Waals surface area contributed by atoms with Crippen molar-refractivity contribution < 1.29 is 9.18 Å². The van der Waals surface area contributed by atoms with Crippen LogP contribution < -0.4 is 5.73 Å². The van der Waals surface area contributed by atoms with Crippen LogP contribution in [0, 0.1) is 5.82 Å². The number of halogens is 2. The maximum Gasteiger partial charge on any atom is 0.221 e. The van der Waals surface area contributed by atoms with Crippen molar-refractivity contribution in [3.63, 3.8) is 0 Å². The topological polar surface area (TPSA) is 43.1 Å². The first-order valence-electron chi connectivity index (χ1n) is 3.99. The highest BCUT2D eigenvalue weighted by Gasteiger charge is 1.98. The average molecular weight is 258 g/mol. The van der Waals surface area contributed by atoms with E-state index in [2.05, 4.69) is 15.9 Å². The highest BCUT2D eigenvalue weighted by Crippen LogP contribution is 2.16. The third-order valence-corrected chi connectivity index (χ3v) is 2.07. The van der Waals surface area contributed by atoms with Gasteiger partial charge in [0.2, 0.25) is 5.91 Å². The Hall–Kier alpha value is -1.16. The third-order valence-electron chi connectivity index (χ3n) is 1.57. The minimum Gasteiger partial charge on any atom is -0.369 e. The molecule has 0 bridgehead atoms. The summed E-state index contributed by atoms with van der Waals surface area (Å²) in [5, 5.41) is 0. The summed E-state index contributed by atoms with van der Waals surface area (Å²) < 4.78 is 13.9. The second-order valence-corrected chi connectivity index (χ2v) is 3.65. The summed E-state index contributed by atoms with van der Waals surface area (Å²) in [6.45, 7) is 0. The van der Waals surface area contributed by atoms with E-state index in [0.717, 1.165) is 4.47 Å². The number of hydrogen-bond acceptors (Lipinski definition) is 1. The van der Waals surface area contributed by atoms with Crippen molar-refractivity contribution in [2.45, 2.75) is 6.42 Å². The second kappa shape index (κ2) is 4.91. The predicted octanol–water partition coefficient (Wildman–Crippen LogP) is 2.48. The van der Waals surface area contributed by atoms with Crippen molar-refractivity contribution in [1.29, 1.82) is 0 Å². The molecule has 2 N–H and O–H groups in total. The quantitative estimate of drug-likeness (QED) is 0.889. The van der Waals surface area contributed by atoms with Crippen LogP contribution in [-0.4, -0.2) is 5.91 Å². The fourth-order valence-corrected chi connectivity index (χ4v) is 1.32. The maximum atomic E-state index is 13.1. The van der Waals surface area contributed by atoms with Crippen LogP contribution in [-0.2, 0) is 4.79 Å². The van der Waals surface area contributed by atoms with Crippen molar-refractivity contribution in [2.24, 2.45) is 5.73 Å². The minimum absolute atomic E-state index is 0.117. The van der Waals surface area contributed by atoms with Gasteiger partial charge >= 0.3 is 0 Å². The summed E-state index contributed by atoms with van der Waals surface area (Å²) in [6, 6.07) is 4.60. The van der Waals surface area contributed by atoms with Crippen molar-refractivity contribution in [3.8, 4) is 0 Å². The first kappa shape index (κ1) is 10.9. The first-order valence-corrected chi connectivity index (χ1v) is 4.79. The third kappa shape index (κ3) is 3.30. The van der Waals surface area contributed by atoms with Crippen LogP contribution in [0.2, 0.25) is 0 Å². The molecule has 0 atom stereocenters. The smallest absolute Gasteiger partial charge is 0.221 e. The molecule has 2 nitrogen and oxygen atoms in total. The lowest BCUT2D eigenvalue weighted by molar-refractivity contribution is -0.117. The van der Waals surface area contributed by atoms with E-state index in [0.29, 0.717) is 5.56 Å². The molecule has 1 amide bonds. The first-order chi connectivity index (χ1) is 6.59. The molecule has 0 fully saturated rings. The number of hydrogen-bond donors (Lipinski definition) is 1. The van der Waals surface area contributed by atoms with Gasteiger partial charge in [-0.05, 0) is 18.2 Å². The average Bonchev–Trinajstić information content (AvgIpc) is 2.10. The van der Waals surface area contributed by atoms with E-state index in [1.807, 2.05) is 0 Å². The monoisotopic (exact) mass is 257 g/mol. The van der Waals surface area contributed by atoms with Crippen LogP contribution in [0.25, 0.3) is 6.08 Å². The van der Waals surface area contributed by atoms with Crippen LogP contribution in [0.15, 0.2) is 28.7 Å². The summed E-state index contributed by atoms with van der Waals surface area (Å²) in [5.74, 6) is -0.759. The van der Waals surface area contributed by atoms with E-state index in [-0.39, 0.29) is 12.2 Å². The van der Waals surface area contributed by atoms with Gasteiger partial charge < -0.3 is 5.73 Å². The van der Waals surface area contributed by atoms with Gasteiger partial charge in [-0.1, -0.05) is 28.1 Å². The van der Waals surface area contributed by atoms with E-state index in [9.17, 15) is 9.18 Å². The highest BCUT2D eigenvalue weighted by atomic mass is 79.9. The normalized spacial score (nSPS) is 10.7. The predicted molar refractivity (Wildman–Crippen MR) is 56.9 cm³/mol. The molecular formula is C10H9BrFNO. The zero-order chi connectivity index (χ0) is 10.6. The van der Waals surface area contributed by atoms with Gasteiger partial charge in [0.05, 0.1) is 0 Å². The molecule has 4 heteroatoms. The molecule has 14 heavy (non-hydrogen) atoms. The molecule has 1 aromatic rings. The Balaban J connectivity index is 2.80. The Morgan fingerprint density at radius 3 is 2.93 bits per heavy atom. The Morgan fingerprint density at radius 2 is 2.29 bits per heavy atom. The second-order valence-electron chi connectivity index (χ2n) is 2.74. The van der Waals surface area contributed by atoms with Crippen LogP contribution in [0.1, 0.15) is 12.0 Å². The molecule has 0 aliphatic carbocycles. The van der Waals surface area contributed by atoms with Gasteiger partial charge in [0.25, 0.3) is 0 Å². The molecule has 0 aromatic heterocycles. The molecular weight excluding hydrogens is 249 g/mol. The molecule has 0 saturated heterocycles. The summed E-state index contributed by atoms with van der Waals surface area (Å²) >= 11 is 3.22. The zero-order valence-corrected chi connectivity index (χ0v) is 8.92. The molecule has 1 rings (SSSR count). The number of amides is 1. The molecule has 0 aliphatic rings. The Kier molecular flexibility index (Phi) is 3.83. The van der Waals surface area contributed by atoms with Crippen molar-refractivity contribution in [2.75, 3.05) is 0 Å². The molecule has 0 saturated carbocycles. The van der Waals surface area contributed by atoms with Gasteiger partial charge in [-0.2, -0.15) is 0 Å². The SMILES string of the molecule is NC(=O)CC=Cc1cc(Br)ccc1F. The molecule has 0 unspecified atom stereocenters. The Morgan fingerprint density at radius 1 is 1.57 bits per heavy atom. The van der Waals surface area contributed by atoms with Crippen LogP contribution in [0.4, 0.5) is 4.39 Å².